The van der Waals surface area contributed by atoms with E-state index in [0.717, 1.165) is 0 Å². The average Bonchev–Trinajstić information content (AvgIpc) is 2.56. The first-order valence-corrected chi connectivity index (χ1v) is 6.92. The predicted octanol–water partition coefficient (Wildman–Crippen LogP) is 2.63. The number of aromatic hydroxyl groups is 1. The number of hydrogen-bond acceptors (Lipinski definition) is 7. The smallest absolute Gasteiger partial charge is 0.318 e. The molecule has 0 saturated heterocycles. The molecule has 2 aromatic rings. The van der Waals surface area contributed by atoms with E-state index >= 15 is 0 Å². The molecule has 2 N–H and O–H groups in total. The number of nitro benzene ring substituents is 2. The highest BCUT2D eigenvalue weighted by molar-refractivity contribution is 6.33. The van der Waals surface area contributed by atoms with E-state index in [2.05, 4.69) is 5.10 Å². The van der Waals surface area contributed by atoms with E-state index in [1.807, 2.05) is 5.43 Å². The van der Waals surface area contributed by atoms with Crippen LogP contribution in [0, 0.1) is 20.2 Å². The number of hydrazone groups is 1. The zero-order valence-corrected chi connectivity index (χ0v) is 13.0. The third-order valence-corrected chi connectivity index (χ3v) is 3.35. The van der Waals surface area contributed by atoms with Gasteiger partial charge in [-0.15, -0.1) is 0 Å². The fraction of sp³-hybridized carbons (Fsp3) is 0. The largest absolute Gasteiger partial charge is 0.502 e. The molecule has 2 rings (SSSR count). The number of carbonyl (C=O) groups excluding carboxylic acids is 1. The highest BCUT2D eigenvalue weighted by Crippen LogP contribution is 2.34. The van der Waals surface area contributed by atoms with Gasteiger partial charge in [0.25, 0.3) is 11.6 Å². The first-order valence-electron chi connectivity index (χ1n) is 6.55. The van der Waals surface area contributed by atoms with Crippen LogP contribution in [0.2, 0.25) is 5.02 Å². The Morgan fingerprint density at radius 2 is 1.88 bits per heavy atom. The molecule has 0 spiro atoms. The minimum absolute atomic E-state index is 0.370. The Bertz CT molecular complexity index is 899. The van der Waals surface area contributed by atoms with Gasteiger partial charge in [0, 0.05) is 16.7 Å². The van der Waals surface area contributed by atoms with E-state index < -0.39 is 38.4 Å². The number of phenols is 1. The van der Waals surface area contributed by atoms with Gasteiger partial charge in [-0.2, -0.15) is 5.10 Å². The van der Waals surface area contributed by atoms with Gasteiger partial charge in [-0.25, -0.2) is 5.43 Å². The number of phenolic OH excluding ortho intramolecular Hbond substituents is 1. The first-order chi connectivity index (χ1) is 11.8. The third-order valence-electron chi connectivity index (χ3n) is 3.00. The van der Waals surface area contributed by atoms with Crippen molar-refractivity contribution in [1.29, 1.82) is 0 Å². The van der Waals surface area contributed by atoms with Gasteiger partial charge < -0.3 is 5.11 Å². The molecule has 0 saturated carbocycles. The number of amides is 1. The number of halogens is 1. The molecule has 10 nitrogen and oxygen atoms in total. The summed E-state index contributed by atoms with van der Waals surface area (Å²) in [5.74, 6) is -2.06. The van der Waals surface area contributed by atoms with Gasteiger partial charge in [0.15, 0.2) is 0 Å². The lowest BCUT2D eigenvalue weighted by Crippen LogP contribution is -2.18. The Balaban J connectivity index is 2.31. The van der Waals surface area contributed by atoms with Gasteiger partial charge in [-0.05, 0) is 6.07 Å². The molecule has 2 aromatic carbocycles. The van der Waals surface area contributed by atoms with Gasteiger partial charge in [-0.3, -0.25) is 25.0 Å². The van der Waals surface area contributed by atoms with Gasteiger partial charge >= 0.3 is 5.69 Å². The molecule has 0 aromatic heterocycles. The van der Waals surface area contributed by atoms with Gasteiger partial charge in [0.1, 0.15) is 0 Å². The summed E-state index contributed by atoms with van der Waals surface area (Å²) in [5.41, 5.74) is 0.163. The predicted molar refractivity (Wildman–Crippen MR) is 87.9 cm³/mol. The summed E-state index contributed by atoms with van der Waals surface area (Å²) in [4.78, 5) is 31.7. The van der Waals surface area contributed by atoms with E-state index in [9.17, 15) is 30.1 Å². The summed E-state index contributed by atoms with van der Waals surface area (Å²) >= 11 is 5.90. The molecule has 0 bridgehead atoms. The molecular formula is C14H9ClN4O6. The van der Waals surface area contributed by atoms with Crippen LogP contribution in [-0.4, -0.2) is 27.1 Å². The van der Waals surface area contributed by atoms with E-state index in [1.165, 1.54) is 6.21 Å². The summed E-state index contributed by atoms with van der Waals surface area (Å²) in [6.45, 7) is 0. The summed E-state index contributed by atoms with van der Waals surface area (Å²) in [6, 6.07) is 7.86. The molecule has 0 radical (unpaired) electrons. The van der Waals surface area contributed by atoms with Crippen molar-refractivity contribution in [2.45, 2.75) is 0 Å². The van der Waals surface area contributed by atoms with Crippen LogP contribution in [0.25, 0.3) is 0 Å². The first kappa shape index (κ1) is 17.8. The highest BCUT2D eigenvalue weighted by atomic mass is 35.5. The van der Waals surface area contributed by atoms with Crippen molar-refractivity contribution in [3.63, 3.8) is 0 Å². The molecule has 0 aliphatic heterocycles. The summed E-state index contributed by atoms with van der Waals surface area (Å²) < 4.78 is 0. The molecule has 0 fully saturated rings. The van der Waals surface area contributed by atoms with Crippen molar-refractivity contribution < 1.29 is 19.7 Å². The summed E-state index contributed by atoms with van der Waals surface area (Å²) in [6.07, 6.45) is 1.21. The van der Waals surface area contributed by atoms with Gasteiger partial charge in [0.05, 0.1) is 27.7 Å². The minimum Gasteiger partial charge on any atom is -0.502 e. The molecule has 25 heavy (non-hydrogen) atoms. The molecule has 11 heteroatoms. The van der Waals surface area contributed by atoms with E-state index in [1.54, 1.807) is 24.3 Å². The van der Waals surface area contributed by atoms with Crippen LogP contribution in [0.1, 0.15) is 15.9 Å². The third kappa shape index (κ3) is 4.06. The number of hydrogen-bond donors (Lipinski definition) is 2. The monoisotopic (exact) mass is 364 g/mol. The number of benzene rings is 2. The maximum absolute atomic E-state index is 12.0. The molecular weight excluding hydrogens is 356 g/mol. The van der Waals surface area contributed by atoms with Gasteiger partial charge in [0.2, 0.25) is 5.75 Å². The molecule has 0 heterocycles. The van der Waals surface area contributed by atoms with Crippen LogP contribution >= 0.6 is 11.6 Å². The minimum atomic E-state index is -1.06. The van der Waals surface area contributed by atoms with E-state index in [4.69, 9.17) is 11.6 Å². The second kappa shape index (κ2) is 7.36. The number of nitro groups is 2. The van der Waals surface area contributed by atoms with E-state index in [-0.39, 0.29) is 0 Å². The normalized spacial score (nSPS) is 10.6. The van der Waals surface area contributed by atoms with Crippen molar-refractivity contribution in [1.82, 2.24) is 5.43 Å². The second-order valence-electron chi connectivity index (χ2n) is 4.60. The fourth-order valence-electron chi connectivity index (χ4n) is 1.82. The lowest BCUT2D eigenvalue weighted by atomic mass is 10.1. The molecule has 0 unspecified atom stereocenters. The number of nitrogens with one attached hydrogen (secondary N) is 1. The average molecular weight is 365 g/mol. The van der Waals surface area contributed by atoms with Crippen LogP contribution in [-0.2, 0) is 0 Å². The lowest BCUT2D eigenvalue weighted by molar-refractivity contribution is -0.394. The van der Waals surface area contributed by atoms with Crippen LogP contribution in [0.5, 0.6) is 5.75 Å². The van der Waals surface area contributed by atoms with Crippen LogP contribution in [0.15, 0.2) is 41.5 Å². The Labute approximate surface area is 144 Å². The molecule has 1 amide bonds. The molecule has 128 valence electrons. The summed E-state index contributed by atoms with van der Waals surface area (Å²) in [5, 5.41) is 35.5. The number of carbonyl (C=O) groups is 1. The van der Waals surface area contributed by atoms with Crippen LogP contribution in [0.3, 0.4) is 0 Å². The Hall–Kier alpha value is -3.53. The molecule has 0 aliphatic rings. The van der Waals surface area contributed by atoms with Crippen LogP contribution < -0.4 is 5.43 Å². The zero-order valence-electron chi connectivity index (χ0n) is 12.2. The fourth-order valence-corrected chi connectivity index (χ4v) is 2.01. The molecule has 0 atom stereocenters. The quantitative estimate of drug-likeness (QED) is 0.473. The van der Waals surface area contributed by atoms with Crippen molar-refractivity contribution in [3.05, 3.63) is 72.8 Å². The van der Waals surface area contributed by atoms with Crippen molar-refractivity contribution in [3.8, 4) is 5.75 Å². The topological polar surface area (TPSA) is 148 Å². The number of rotatable bonds is 5. The van der Waals surface area contributed by atoms with Crippen molar-refractivity contribution >= 4 is 35.1 Å². The van der Waals surface area contributed by atoms with Crippen molar-refractivity contribution in [2.75, 3.05) is 0 Å². The van der Waals surface area contributed by atoms with Crippen molar-refractivity contribution in [2.24, 2.45) is 5.10 Å². The Kier molecular flexibility index (Phi) is 5.25. The second-order valence-corrected chi connectivity index (χ2v) is 5.00. The highest BCUT2D eigenvalue weighted by Gasteiger charge is 2.27. The number of nitrogens with zero attached hydrogens (tertiary/aromatic N) is 3. The summed E-state index contributed by atoms with van der Waals surface area (Å²) in [7, 11) is 0. The van der Waals surface area contributed by atoms with E-state index in [0.29, 0.717) is 22.7 Å². The standard InChI is InChI=1S/C14H9ClN4O6/c15-11-4-2-1-3-8(11)7-16-17-14(21)10-5-9(18(22)23)6-12(13(10)20)19(24)25/h1-7,20H,(H,17,21)/b16-7+. The van der Waals surface area contributed by atoms with Gasteiger partial charge in [-0.1, -0.05) is 29.8 Å². The van der Waals surface area contributed by atoms with Crippen LogP contribution in [0.4, 0.5) is 11.4 Å². The Morgan fingerprint density at radius 3 is 2.48 bits per heavy atom. The lowest BCUT2D eigenvalue weighted by Gasteiger charge is -2.04. The maximum Gasteiger partial charge on any atom is 0.318 e. The SMILES string of the molecule is O=C(N/N=C/c1ccccc1Cl)c1cc([N+](=O)[O-])cc([N+](=O)[O-])c1O. The number of non-ortho nitro benzene ring substituents is 1. The zero-order chi connectivity index (χ0) is 18.6. The Morgan fingerprint density at radius 1 is 1.20 bits per heavy atom. The molecule has 0 aliphatic carbocycles. The maximum atomic E-state index is 12.0.